The number of rotatable bonds is 13. The topological polar surface area (TPSA) is 114 Å². The Bertz CT molecular complexity index is 2120. The fraction of sp³-hybridized carbons (Fsp3) is 0.429. The summed E-state index contributed by atoms with van der Waals surface area (Å²) in [7, 11) is 2.96. The van der Waals surface area contributed by atoms with E-state index in [1.54, 1.807) is 18.9 Å². The molecular weight excluding hydrogens is 733 g/mol. The number of nitrogens with zero attached hydrogens (tertiary/aromatic N) is 3. The number of pyridine rings is 2. The molecule has 0 unspecified atom stereocenters. The molecule has 290 valence electrons. The number of ether oxygens (including phenoxy) is 2. The van der Waals surface area contributed by atoms with E-state index < -0.39 is 23.1 Å². The van der Waals surface area contributed by atoms with Gasteiger partial charge in [-0.2, -0.15) is 13.2 Å². The molecular formula is C42H44ClF3N4O5. The van der Waals surface area contributed by atoms with Gasteiger partial charge in [0.05, 0.1) is 41.6 Å². The number of nitrogens with one attached hydrogen (secondary N) is 1. The van der Waals surface area contributed by atoms with E-state index in [4.69, 9.17) is 26.1 Å². The number of alkyl halides is 3. The first-order valence-corrected chi connectivity index (χ1v) is 18.9. The second kappa shape index (κ2) is 15.5. The minimum atomic E-state index is -4.65. The molecule has 0 bridgehead atoms. The van der Waals surface area contributed by atoms with E-state index in [2.05, 4.69) is 10.3 Å². The van der Waals surface area contributed by atoms with Crippen molar-refractivity contribution in [3.05, 3.63) is 93.1 Å². The third kappa shape index (κ3) is 7.95. The summed E-state index contributed by atoms with van der Waals surface area (Å²) in [5.41, 5.74) is 4.45. The lowest BCUT2D eigenvalue weighted by molar-refractivity contribution is -0.159. The Hall–Kier alpha value is -4.52. The van der Waals surface area contributed by atoms with Gasteiger partial charge >= 0.3 is 12.1 Å². The number of methoxy groups -OCH3 is 2. The van der Waals surface area contributed by atoms with Crippen molar-refractivity contribution in [3.63, 3.8) is 0 Å². The maximum absolute atomic E-state index is 14.6. The molecule has 13 heteroatoms. The first kappa shape index (κ1) is 38.7. The number of aliphatic carboxylic acids is 1. The number of carboxylic acids is 1. The summed E-state index contributed by atoms with van der Waals surface area (Å²) in [6.07, 6.45) is -1.08. The highest BCUT2D eigenvalue weighted by Crippen LogP contribution is 2.46. The smallest absolute Gasteiger partial charge is 0.418 e. The molecule has 2 N–H and O–H groups in total. The Morgan fingerprint density at radius 2 is 1.69 bits per heavy atom. The van der Waals surface area contributed by atoms with E-state index in [1.165, 1.54) is 7.11 Å². The lowest BCUT2D eigenvalue weighted by Gasteiger charge is -2.45. The van der Waals surface area contributed by atoms with E-state index in [-0.39, 0.29) is 49.1 Å². The van der Waals surface area contributed by atoms with Crippen molar-refractivity contribution in [1.29, 1.82) is 0 Å². The van der Waals surface area contributed by atoms with E-state index in [0.717, 1.165) is 52.4 Å². The van der Waals surface area contributed by atoms with Crippen molar-refractivity contribution in [2.24, 2.45) is 11.3 Å². The number of fused-ring (bicyclic) bond motifs is 1. The molecule has 1 saturated carbocycles. The molecule has 3 aliphatic rings. The summed E-state index contributed by atoms with van der Waals surface area (Å²) in [5.74, 6) is 0.122. The minimum absolute atomic E-state index is 0.0697. The standard InChI is InChI=1S/C42H44ClF3N4O5/c1-41(40(52)53)22-50(23-41)21-27-17-34(42(44,45)46)36(49-39(27)55-3)18-25-11-14-31-29(25)6-4-7-30(31)32-8-5-9-33(37(32)43)35-15-12-26(38(48-35)54-2)20-47-19-24-10-13-28(51)16-24/h4-9,12,15,17,24-25,47H,10-11,13-14,16,18-23H2,1-3H3,(H,52,53)/t24-,25-/m1/s1. The number of likely N-dealkylation sites (tertiary alicyclic amines) is 1. The van der Waals surface area contributed by atoms with Gasteiger partial charge in [-0.15, -0.1) is 0 Å². The summed E-state index contributed by atoms with van der Waals surface area (Å²) < 4.78 is 54.9. The Balaban J connectivity index is 1.12. The SMILES string of the molecule is COc1nc(-c2cccc(-c3cccc4c3CC[C@@H]4Cc3nc(OC)c(CN4CC(C)(C(=O)O)C4)cc3C(F)(F)F)c2Cl)ccc1CNC[C@@H]1CCC(=O)C1. The van der Waals surface area contributed by atoms with Crippen molar-refractivity contribution in [2.75, 3.05) is 33.9 Å². The number of Topliss-reactive ketones (excluding diaryl/α,β-unsaturated/α-hetero) is 1. The van der Waals surface area contributed by atoms with Crippen LogP contribution in [-0.2, 0) is 41.7 Å². The van der Waals surface area contributed by atoms with Gasteiger partial charge in [0.2, 0.25) is 11.8 Å². The summed E-state index contributed by atoms with van der Waals surface area (Å²) in [4.78, 5) is 34.2. The Morgan fingerprint density at radius 3 is 2.38 bits per heavy atom. The Labute approximate surface area is 323 Å². The van der Waals surface area contributed by atoms with Gasteiger partial charge in [-0.1, -0.05) is 54.1 Å². The molecule has 2 fully saturated rings. The van der Waals surface area contributed by atoms with Crippen LogP contribution in [0.1, 0.15) is 72.0 Å². The normalized spacial score (nSPS) is 19.3. The van der Waals surface area contributed by atoms with Crippen LogP contribution in [-0.4, -0.2) is 65.6 Å². The van der Waals surface area contributed by atoms with Crippen molar-refractivity contribution in [2.45, 2.75) is 70.6 Å². The maximum Gasteiger partial charge on any atom is 0.418 e. The fourth-order valence-electron chi connectivity index (χ4n) is 8.48. The number of hydrogen-bond acceptors (Lipinski definition) is 8. The summed E-state index contributed by atoms with van der Waals surface area (Å²) in [6, 6.07) is 16.6. The highest BCUT2D eigenvalue weighted by atomic mass is 35.5. The van der Waals surface area contributed by atoms with Crippen LogP contribution in [0, 0.1) is 11.3 Å². The summed E-state index contributed by atoms with van der Waals surface area (Å²) >= 11 is 7.15. The van der Waals surface area contributed by atoms with Crippen LogP contribution in [0.15, 0.2) is 54.6 Å². The van der Waals surface area contributed by atoms with Gasteiger partial charge in [0.1, 0.15) is 5.78 Å². The van der Waals surface area contributed by atoms with Gasteiger partial charge in [0.25, 0.3) is 0 Å². The van der Waals surface area contributed by atoms with Crippen molar-refractivity contribution >= 4 is 23.4 Å². The van der Waals surface area contributed by atoms with E-state index >= 15 is 0 Å². The van der Waals surface area contributed by atoms with Crippen molar-refractivity contribution in [1.82, 2.24) is 20.2 Å². The molecule has 3 heterocycles. The minimum Gasteiger partial charge on any atom is -0.481 e. The van der Waals surface area contributed by atoms with Gasteiger partial charge in [-0.05, 0) is 79.8 Å². The molecule has 7 rings (SSSR count). The molecule has 55 heavy (non-hydrogen) atoms. The second-order valence-electron chi connectivity index (χ2n) is 15.3. The predicted molar refractivity (Wildman–Crippen MR) is 202 cm³/mol. The predicted octanol–water partition coefficient (Wildman–Crippen LogP) is 8.14. The zero-order valence-electron chi connectivity index (χ0n) is 31.1. The van der Waals surface area contributed by atoms with Gasteiger partial charge < -0.3 is 19.9 Å². The average molecular weight is 777 g/mol. The Morgan fingerprint density at radius 1 is 0.982 bits per heavy atom. The van der Waals surface area contributed by atoms with Crippen LogP contribution in [0.2, 0.25) is 5.02 Å². The van der Waals surface area contributed by atoms with E-state index in [0.29, 0.717) is 60.5 Å². The van der Waals surface area contributed by atoms with E-state index in [9.17, 15) is 27.9 Å². The molecule has 1 aliphatic heterocycles. The quantitative estimate of drug-likeness (QED) is 0.139. The highest BCUT2D eigenvalue weighted by molar-refractivity contribution is 6.36. The molecule has 0 amide bonds. The molecule has 0 spiro atoms. The number of carboxylic acid groups (broad SMARTS) is 1. The molecule has 1 saturated heterocycles. The molecule has 2 aromatic heterocycles. The van der Waals surface area contributed by atoms with Crippen LogP contribution >= 0.6 is 11.6 Å². The molecule has 4 aromatic rings. The van der Waals surface area contributed by atoms with Crippen LogP contribution in [0.4, 0.5) is 13.2 Å². The molecule has 9 nitrogen and oxygen atoms in total. The molecule has 2 aromatic carbocycles. The molecule has 2 atom stereocenters. The average Bonchev–Trinajstić information content (AvgIpc) is 3.76. The van der Waals surface area contributed by atoms with Gasteiger partial charge in [-0.3, -0.25) is 14.5 Å². The fourth-order valence-corrected chi connectivity index (χ4v) is 8.80. The van der Waals surface area contributed by atoms with Crippen LogP contribution in [0.3, 0.4) is 0 Å². The first-order valence-electron chi connectivity index (χ1n) is 18.5. The monoisotopic (exact) mass is 776 g/mol. The Kier molecular flexibility index (Phi) is 11.0. The second-order valence-corrected chi connectivity index (χ2v) is 15.7. The lowest BCUT2D eigenvalue weighted by Crippen LogP contribution is -2.58. The summed E-state index contributed by atoms with van der Waals surface area (Å²) in [6.45, 7) is 3.48. The van der Waals surface area contributed by atoms with Crippen molar-refractivity contribution in [3.8, 4) is 34.1 Å². The zero-order valence-corrected chi connectivity index (χ0v) is 31.8. The van der Waals surface area contributed by atoms with Gasteiger partial charge in [0, 0.05) is 61.3 Å². The van der Waals surface area contributed by atoms with Crippen molar-refractivity contribution < 1.29 is 37.3 Å². The molecule has 2 aliphatic carbocycles. The third-order valence-corrected chi connectivity index (χ3v) is 11.7. The number of hydrogen-bond donors (Lipinski definition) is 2. The number of aromatic nitrogens is 2. The van der Waals surface area contributed by atoms with Crippen LogP contribution in [0.5, 0.6) is 11.8 Å². The third-order valence-electron chi connectivity index (χ3n) is 11.3. The van der Waals surface area contributed by atoms with Gasteiger partial charge in [0.15, 0.2) is 0 Å². The molecule has 0 radical (unpaired) electrons. The first-order chi connectivity index (χ1) is 26.3. The van der Waals surface area contributed by atoms with Crippen LogP contribution < -0.4 is 14.8 Å². The number of carbonyl (C=O) groups is 2. The zero-order chi connectivity index (χ0) is 39.1. The number of ketones is 1. The van der Waals surface area contributed by atoms with Gasteiger partial charge in [-0.25, -0.2) is 9.97 Å². The van der Waals surface area contributed by atoms with Crippen LogP contribution in [0.25, 0.3) is 22.4 Å². The maximum atomic E-state index is 14.6. The lowest BCUT2D eigenvalue weighted by atomic mass is 9.82. The highest BCUT2D eigenvalue weighted by Gasteiger charge is 2.46. The number of carbonyl (C=O) groups excluding carboxylic acids is 1. The number of benzene rings is 2. The van der Waals surface area contributed by atoms with E-state index in [1.807, 2.05) is 48.5 Å². The largest absolute Gasteiger partial charge is 0.481 e. The number of halogens is 4. The summed E-state index contributed by atoms with van der Waals surface area (Å²) in [5, 5.41) is 13.4.